The highest BCUT2D eigenvalue weighted by molar-refractivity contribution is 7.63. The highest BCUT2D eigenvalue weighted by atomic mass is 35.5. The molecule has 22 heavy (non-hydrogen) atoms. The molecule has 0 radical (unpaired) electrons. The number of nitrogens with zero attached hydrogens (tertiary/aromatic N) is 1. The summed E-state index contributed by atoms with van der Waals surface area (Å²) in [6, 6.07) is 10.8. The maximum Gasteiger partial charge on any atom is 0.238 e. The van der Waals surface area contributed by atoms with Gasteiger partial charge in [0.05, 0.1) is 0 Å². The molecular formula is C15H12Cl2NO3S-. The molecule has 1 aromatic heterocycles. The molecule has 0 aliphatic heterocycles. The molecule has 4 nitrogen and oxygen atoms in total. The van der Waals surface area contributed by atoms with Gasteiger partial charge in [0.2, 0.25) is 10.3 Å². The van der Waals surface area contributed by atoms with Crippen LogP contribution >= 0.6 is 23.2 Å². The van der Waals surface area contributed by atoms with Crippen molar-refractivity contribution in [1.82, 2.24) is 4.73 Å². The van der Waals surface area contributed by atoms with E-state index in [0.29, 0.717) is 16.7 Å². The lowest BCUT2D eigenvalue weighted by molar-refractivity contribution is 0.623. The molecule has 1 atom stereocenters. The molecule has 1 aliphatic carbocycles. The van der Waals surface area contributed by atoms with Crippen molar-refractivity contribution in [3.8, 4) is 0 Å². The molecule has 1 saturated carbocycles. The first-order valence-electron chi connectivity index (χ1n) is 6.65. The van der Waals surface area contributed by atoms with Gasteiger partial charge < -0.3 is 9.94 Å². The van der Waals surface area contributed by atoms with Gasteiger partial charge >= 0.3 is 0 Å². The minimum absolute atomic E-state index is 0.148. The Bertz CT molecular complexity index is 878. The Morgan fingerprint density at radius 1 is 1.23 bits per heavy atom. The van der Waals surface area contributed by atoms with Gasteiger partial charge in [0.1, 0.15) is 4.33 Å². The molecule has 1 aliphatic rings. The Morgan fingerprint density at radius 2 is 1.86 bits per heavy atom. The van der Waals surface area contributed by atoms with Crippen LogP contribution in [0.5, 0.6) is 0 Å². The molecule has 1 aromatic carbocycles. The predicted molar refractivity (Wildman–Crippen MR) is 86.4 cm³/mol. The van der Waals surface area contributed by atoms with E-state index < -0.39 is 14.6 Å². The van der Waals surface area contributed by atoms with Crippen LogP contribution < -0.4 is 0 Å². The largest absolute Gasteiger partial charge is 0.805 e. The van der Waals surface area contributed by atoms with Crippen molar-refractivity contribution < 1.29 is 8.42 Å². The highest BCUT2D eigenvalue weighted by Gasteiger charge is 2.52. The van der Waals surface area contributed by atoms with Gasteiger partial charge in [-0.3, -0.25) is 0 Å². The molecular weight excluding hydrogens is 345 g/mol. The summed E-state index contributed by atoms with van der Waals surface area (Å²) in [5.41, 5.74) is 2.44. The number of hydrogen-bond donors (Lipinski definition) is 0. The van der Waals surface area contributed by atoms with Crippen LogP contribution in [-0.2, 0) is 16.7 Å². The van der Waals surface area contributed by atoms with E-state index in [4.69, 9.17) is 23.2 Å². The Hall–Kier alpha value is -1.43. The highest BCUT2D eigenvalue weighted by Crippen LogP contribution is 2.59. The quantitative estimate of drug-likeness (QED) is 0.624. The summed E-state index contributed by atoms with van der Waals surface area (Å²) in [6.45, 7) is 0. The van der Waals surface area contributed by atoms with Crippen LogP contribution in [0.4, 0.5) is 0 Å². The molecule has 0 saturated heterocycles. The summed E-state index contributed by atoms with van der Waals surface area (Å²) < 4.78 is 21.9. The minimum atomic E-state index is -2.57. The first-order valence-corrected chi connectivity index (χ1v) is 8.48. The van der Waals surface area contributed by atoms with Gasteiger partial charge in [-0.1, -0.05) is 30.3 Å². The average molecular weight is 357 g/mol. The van der Waals surface area contributed by atoms with Crippen LogP contribution in [0.1, 0.15) is 29.0 Å². The summed E-state index contributed by atoms with van der Waals surface area (Å²) in [4.78, 5) is 0. The number of aromatic nitrogens is 1. The lowest BCUT2D eigenvalue weighted by Gasteiger charge is -2.12. The molecule has 0 N–H and O–H groups in total. The van der Waals surface area contributed by atoms with Gasteiger partial charge in [0.25, 0.3) is 0 Å². The SMILES string of the molecule is O=S(=O)=c1c(Cc2ccc(C3CC3(Cl)Cl)cc2)cccn1[O-]. The summed E-state index contributed by atoms with van der Waals surface area (Å²) in [5, 5.41) is 11.6. The Morgan fingerprint density at radius 3 is 2.41 bits per heavy atom. The second-order valence-corrected chi connectivity index (χ2v) is 7.73. The lowest BCUT2D eigenvalue weighted by atomic mass is 10.0. The zero-order valence-corrected chi connectivity index (χ0v) is 13.7. The van der Waals surface area contributed by atoms with Gasteiger partial charge in [0.15, 0.2) is 4.64 Å². The predicted octanol–water partition coefficient (Wildman–Crippen LogP) is 3.50. The van der Waals surface area contributed by atoms with E-state index in [9.17, 15) is 13.6 Å². The Balaban J connectivity index is 1.89. The average Bonchev–Trinajstić information content (AvgIpc) is 3.08. The second-order valence-electron chi connectivity index (χ2n) is 5.34. The fraction of sp³-hybridized carbons (Fsp3) is 0.267. The third kappa shape index (κ3) is 3.02. The standard InChI is InChI=1S/C15H12Cl2NO3S/c16-15(17)9-13(15)11-5-3-10(4-6-11)8-12-2-1-7-18(19)14(12)22(20)21/h1-7,13H,8-9H2/q-1. The molecule has 0 bridgehead atoms. The van der Waals surface area contributed by atoms with E-state index in [0.717, 1.165) is 17.5 Å². The Kier molecular flexibility index (Phi) is 3.97. The number of rotatable bonds is 3. The first kappa shape index (κ1) is 15.5. The van der Waals surface area contributed by atoms with E-state index in [1.165, 1.54) is 12.3 Å². The number of hydrogen-bond acceptors (Lipinski definition) is 3. The van der Waals surface area contributed by atoms with Gasteiger partial charge in [-0.15, -0.1) is 23.2 Å². The van der Waals surface area contributed by atoms with Crippen molar-refractivity contribution in [2.45, 2.75) is 23.1 Å². The Labute approximate surface area is 139 Å². The summed E-state index contributed by atoms with van der Waals surface area (Å²) in [5.74, 6) is 0.148. The zero-order chi connectivity index (χ0) is 15.9. The van der Waals surface area contributed by atoms with Crippen LogP contribution in [0, 0.1) is 9.85 Å². The van der Waals surface area contributed by atoms with E-state index >= 15 is 0 Å². The molecule has 3 rings (SSSR count). The van der Waals surface area contributed by atoms with Crippen LogP contribution in [0.2, 0.25) is 0 Å². The molecule has 2 aromatic rings. The second kappa shape index (κ2) is 5.65. The fourth-order valence-electron chi connectivity index (χ4n) is 2.50. The van der Waals surface area contributed by atoms with Crippen molar-refractivity contribution in [3.63, 3.8) is 0 Å². The van der Waals surface area contributed by atoms with Crippen LogP contribution in [-0.4, -0.2) is 17.5 Å². The summed E-state index contributed by atoms with van der Waals surface area (Å²) in [6.07, 6.45) is 2.28. The van der Waals surface area contributed by atoms with Gasteiger partial charge in [0, 0.05) is 12.3 Å². The van der Waals surface area contributed by atoms with E-state index in [1.54, 1.807) is 6.07 Å². The molecule has 1 heterocycles. The van der Waals surface area contributed by atoms with Crippen molar-refractivity contribution in [2.75, 3.05) is 0 Å². The van der Waals surface area contributed by atoms with E-state index in [1.807, 2.05) is 24.3 Å². The van der Waals surface area contributed by atoms with Gasteiger partial charge in [-0.05, 0) is 35.4 Å². The molecule has 0 spiro atoms. The maximum absolute atomic E-state index is 11.6. The monoisotopic (exact) mass is 356 g/mol. The smallest absolute Gasteiger partial charge is 0.238 e. The summed E-state index contributed by atoms with van der Waals surface area (Å²) >= 11 is 12.1. The van der Waals surface area contributed by atoms with Crippen LogP contribution in [0.25, 0.3) is 0 Å². The number of halogens is 2. The number of alkyl halides is 2. The van der Waals surface area contributed by atoms with Crippen LogP contribution in [0.3, 0.4) is 0 Å². The van der Waals surface area contributed by atoms with Gasteiger partial charge in [-0.25, -0.2) is 0 Å². The fourth-order valence-corrected chi connectivity index (χ4v) is 3.62. The third-order valence-electron chi connectivity index (χ3n) is 3.75. The topological polar surface area (TPSA) is 62.1 Å². The first-order chi connectivity index (χ1) is 10.4. The molecule has 116 valence electrons. The maximum atomic E-state index is 11.6. The van der Waals surface area contributed by atoms with E-state index in [-0.39, 0.29) is 10.6 Å². The third-order valence-corrected chi connectivity index (χ3v) is 5.35. The molecule has 7 heteroatoms. The molecule has 0 amide bonds. The molecule has 1 unspecified atom stereocenters. The minimum Gasteiger partial charge on any atom is -0.805 e. The molecule has 1 fully saturated rings. The number of pyridine rings is 1. The van der Waals surface area contributed by atoms with Crippen LogP contribution in [0.15, 0.2) is 42.6 Å². The van der Waals surface area contributed by atoms with Gasteiger partial charge in [-0.2, -0.15) is 8.42 Å². The zero-order valence-electron chi connectivity index (χ0n) is 11.4. The van der Waals surface area contributed by atoms with Crippen molar-refractivity contribution in [3.05, 3.63) is 69.1 Å². The summed E-state index contributed by atoms with van der Waals surface area (Å²) in [7, 11) is -2.57. The van der Waals surface area contributed by atoms with Crippen molar-refractivity contribution >= 4 is 33.5 Å². The van der Waals surface area contributed by atoms with Crippen molar-refractivity contribution in [2.24, 2.45) is 0 Å². The lowest BCUT2D eigenvalue weighted by Crippen LogP contribution is -1.99. The van der Waals surface area contributed by atoms with Crippen molar-refractivity contribution in [1.29, 1.82) is 0 Å². The number of benzene rings is 1. The normalized spacial score (nSPS) is 18.9. The van der Waals surface area contributed by atoms with E-state index in [2.05, 4.69) is 0 Å².